The molecule has 1 aromatic carbocycles. The van der Waals surface area contributed by atoms with E-state index in [1.54, 1.807) is 0 Å². The fraction of sp³-hybridized carbons (Fsp3) is 0.647. The fourth-order valence-electron chi connectivity index (χ4n) is 3.42. The zero-order valence-corrected chi connectivity index (χ0v) is 12.3. The van der Waals surface area contributed by atoms with Crippen LogP contribution in [0, 0.1) is 25.7 Å². The Balaban J connectivity index is 2.18. The molecule has 1 aliphatic rings. The monoisotopic (exact) mass is 245 g/mol. The third-order valence-electron chi connectivity index (χ3n) is 4.65. The molecule has 1 nitrogen and oxygen atoms in total. The van der Waals surface area contributed by atoms with Gasteiger partial charge in [-0.1, -0.05) is 38.0 Å². The molecule has 1 aliphatic carbocycles. The summed E-state index contributed by atoms with van der Waals surface area (Å²) < 4.78 is 0. The van der Waals surface area contributed by atoms with Crippen LogP contribution >= 0.6 is 0 Å². The normalized spacial score (nSPS) is 26.0. The van der Waals surface area contributed by atoms with E-state index < -0.39 is 0 Å². The van der Waals surface area contributed by atoms with Gasteiger partial charge in [0.1, 0.15) is 0 Å². The van der Waals surface area contributed by atoms with E-state index in [2.05, 4.69) is 51.3 Å². The van der Waals surface area contributed by atoms with Gasteiger partial charge in [0.2, 0.25) is 0 Å². The first-order valence-corrected chi connectivity index (χ1v) is 7.36. The van der Waals surface area contributed by atoms with Crippen LogP contribution in [0.15, 0.2) is 18.2 Å². The van der Waals surface area contributed by atoms with Crippen molar-refractivity contribution in [1.82, 2.24) is 5.32 Å². The zero-order valence-electron chi connectivity index (χ0n) is 12.3. The molecule has 0 aromatic heterocycles. The third-order valence-corrected chi connectivity index (χ3v) is 4.65. The molecule has 1 saturated carbocycles. The molecule has 0 amide bonds. The Hall–Kier alpha value is -0.820. The van der Waals surface area contributed by atoms with E-state index >= 15 is 0 Å². The largest absolute Gasteiger partial charge is 0.313 e. The second-order valence-electron chi connectivity index (χ2n) is 6.14. The van der Waals surface area contributed by atoms with Gasteiger partial charge in [-0.05, 0) is 62.3 Å². The second kappa shape index (κ2) is 5.88. The Kier molecular flexibility index (Phi) is 4.45. The summed E-state index contributed by atoms with van der Waals surface area (Å²) in [7, 11) is 2.11. The van der Waals surface area contributed by atoms with Crippen molar-refractivity contribution < 1.29 is 0 Å². The molecule has 0 bridgehead atoms. The lowest BCUT2D eigenvalue weighted by atomic mass is 9.76. The van der Waals surface area contributed by atoms with Gasteiger partial charge in [0.15, 0.2) is 0 Å². The van der Waals surface area contributed by atoms with Gasteiger partial charge in [0.25, 0.3) is 0 Å². The standard InChI is InChI=1S/C17H27N/c1-12-6-5-7-15(10-12)17(18-4)16-9-8-13(2)14(3)11-16/h8-9,11-12,15,17-18H,5-7,10H2,1-4H3. The Labute approximate surface area is 112 Å². The van der Waals surface area contributed by atoms with Gasteiger partial charge in [-0.2, -0.15) is 0 Å². The molecule has 18 heavy (non-hydrogen) atoms. The summed E-state index contributed by atoms with van der Waals surface area (Å²) in [6.45, 7) is 6.81. The van der Waals surface area contributed by atoms with Gasteiger partial charge in [0, 0.05) is 6.04 Å². The van der Waals surface area contributed by atoms with E-state index in [1.807, 2.05) is 0 Å². The van der Waals surface area contributed by atoms with Crippen LogP contribution < -0.4 is 5.32 Å². The van der Waals surface area contributed by atoms with Crippen molar-refractivity contribution in [3.05, 3.63) is 34.9 Å². The second-order valence-corrected chi connectivity index (χ2v) is 6.14. The van der Waals surface area contributed by atoms with Crippen molar-refractivity contribution in [1.29, 1.82) is 0 Å². The zero-order chi connectivity index (χ0) is 13.1. The van der Waals surface area contributed by atoms with Gasteiger partial charge >= 0.3 is 0 Å². The number of aryl methyl sites for hydroxylation is 2. The summed E-state index contributed by atoms with van der Waals surface area (Å²) in [6.07, 6.45) is 5.57. The minimum Gasteiger partial charge on any atom is -0.313 e. The summed E-state index contributed by atoms with van der Waals surface area (Å²) >= 11 is 0. The lowest BCUT2D eigenvalue weighted by Crippen LogP contribution is -2.29. The maximum atomic E-state index is 3.56. The highest BCUT2D eigenvalue weighted by Gasteiger charge is 2.26. The SMILES string of the molecule is CNC(c1ccc(C)c(C)c1)C1CCCC(C)C1. The molecule has 0 saturated heterocycles. The molecule has 2 rings (SSSR count). The highest BCUT2D eigenvalue weighted by Crippen LogP contribution is 2.37. The molecule has 3 unspecified atom stereocenters. The van der Waals surface area contributed by atoms with E-state index in [4.69, 9.17) is 0 Å². The van der Waals surface area contributed by atoms with Gasteiger partial charge in [-0.25, -0.2) is 0 Å². The van der Waals surface area contributed by atoms with Crippen LogP contribution in [0.1, 0.15) is 55.3 Å². The number of benzene rings is 1. The first-order valence-electron chi connectivity index (χ1n) is 7.36. The molecule has 100 valence electrons. The van der Waals surface area contributed by atoms with Crippen molar-refractivity contribution in [2.75, 3.05) is 7.05 Å². The van der Waals surface area contributed by atoms with E-state index in [-0.39, 0.29) is 0 Å². The smallest absolute Gasteiger partial charge is 0.0346 e. The number of rotatable bonds is 3. The quantitative estimate of drug-likeness (QED) is 0.832. The molecule has 1 N–H and O–H groups in total. The molecule has 1 aromatic rings. The molecule has 0 radical (unpaired) electrons. The summed E-state index contributed by atoms with van der Waals surface area (Å²) in [5.74, 6) is 1.70. The molecule has 0 aliphatic heterocycles. The number of nitrogens with one attached hydrogen (secondary N) is 1. The van der Waals surface area contributed by atoms with Crippen molar-refractivity contribution in [3.63, 3.8) is 0 Å². The van der Waals surface area contributed by atoms with Crippen LogP contribution in [0.5, 0.6) is 0 Å². The van der Waals surface area contributed by atoms with Gasteiger partial charge in [-0.3, -0.25) is 0 Å². The molecule has 1 heteroatoms. The average Bonchev–Trinajstić information content (AvgIpc) is 2.35. The fourth-order valence-corrected chi connectivity index (χ4v) is 3.42. The predicted octanol–water partition coefficient (Wildman–Crippen LogP) is 4.39. The maximum absolute atomic E-state index is 3.56. The third kappa shape index (κ3) is 2.95. The van der Waals surface area contributed by atoms with Crippen LogP contribution in [0.25, 0.3) is 0 Å². The predicted molar refractivity (Wildman–Crippen MR) is 78.8 cm³/mol. The van der Waals surface area contributed by atoms with Crippen molar-refractivity contribution in [3.8, 4) is 0 Å². The number of hydrogen-bond donors (Lipinski definition) is 1. The van der Waals surface area contributed by atoms with Crippen LogP contribution in [0.3, 0.4) is 0 Å². The van der Waals surface area contributed by atoms with Gasteiger partial charge in [0.05, 0.1) is 0 Å². The van der Waals surface area contributed by atoms with E-state index in [1.165, 1.54) is 42.4 Å². The Morgan fingerprint density at radius 1 is 1.17 bits per heavy atom. The van der Waals surface area contributed by atoms with E-state index in [0.29, 0.717) is 6.04 Å². The molecular weight excluding hydrogens is 218 g/mol. The topological polar surface area (TPSA) is 12.0 Å². The molecule has 3 atom stereocenters. The van der Waals surface area contributed by atoms with E-state index in [0.717, 1.165) is 11.8 Å². The minimum absolute atomic E-state index is 0.534. The Morgan fingerprint density at radius 3 is 2.56 bits per heavy atom. The molecule has 0 heterocycles. The Bertz CT molecular complexity index is 397. The van der Waals surface area contributed by atoms with Crippen LogP contribution in [-0.2, 0) is 0 Å². The molecular formula is C17H27N. The molecule has 0 spiro atoms. The van der Waals surface area contributed by atoms with Crippen LogP contribution in [0.2, 0.25) is 0 Å². The van der Waals surface area contributed by atoms with Crippen molar-refractivity contribution >= 4 is 0 Å². The average molecular weight is 245 g/mol. The highest BCUT2D eigenvalue weighted by molar-refractivity contribution is 5.32. The summed E-state index contributed by atoms with van der Waals surface area (Å²) in [5, 5.41) is 3.56. The first-order chi connectivity index (χ1) is 8.61. The molecule has 1 fully saturated rings. The van der Waals surface area contributed by atoms with Gasteiger partial charge < -0.3 is 5.32 Å². The van der Waals surface area contributed by atoms with Crippen LogP contribution in [-0.4, -0.2) is 7.05 Å². The summed E-state index contributed by atoms with van der Waals surface area (Å²) in [6, 6.07) is 7.48. The van der Waals surface area contributed by atoms with Gasteiger partial charge in [-0.15, -0.1) is 0 Å². The maximum Gasteiger partial charge on any atom is 0.0346 e. The summed E-state index contributed by atoms with van der Waals surface area (Å²) in [5.41, 5.74) is 4.28. The van der Waals surface area contributed by atoms with Crippen molar-refractivity contribution in [2.45, 2.75) is 52.5 Å². The highest BCUT2D eigenvalue weighted by atomic mass is 14.9. The van der Waals surface area contributed by atoms with Crippen molar-refractivity contribution in [2.24, 2.45) is 11.8 Å². The lowest BCUT2D eigenvalue weighted by Gasteiger charge is -2.33. The van der Waals surface area contributed by atoms with Crippen LogP contribution in [0.4, 0.5) is 0 Å². The first kappa shape index (κ1) is 13.6. The van der Waals surface area contributed by atoms with E-state index in [9.17, 15) is 0 Å². The Morgan fingerprint density at radius 2 is 1.94 bits per heavy atom. The summed E-state index contributed by atoms with van der Waals surface area (Å²) in [4.78, 5) is 0. The minimum atomic E-state index is 0.534. The lowest BCUT2D eigenvalue weighted by molar-refractivity contribution is 0.230. The number of hydrogen-bond acceptors (Lipinski definition) is 1.